The minimum Gasteiger partial charge on any atom is -0.481 e. The van der Waals surface area contributed by atoms with E-state index in [4.69, 9.17) is 34.4 Å². The van der Waals surface area contributed by atoms with E-state index in [0.29, 0.717) is 64.5 Å². The largest absolute Gasteiger partial charge is 0.481 e. The van der Waals surface area contributed by atoms with Gasteiger partial charge in [-0.25, -0.2) is 4.79 Å². The van der Waals surface area contributed by atoms with Crippen molar-refractivity contribution >= 4 is 47.4 Å². The van der Waals surface area contributed by atoms with Crippen LogP contribution in [0.4, 0.5) is 0 Å². The van der Waals surface area contributed by atoms with Crippen molar-refractivity contribution < 1.29 is 48.6 Å². The standard InChI is InChI=1S/C33H63N11O10/c34-15-5-1-9-20(38)28(48)44-25(19-26(39)45)32(52)41-21(10-2-6-16-35)29(49)42-23(13-14-27(46)47)31(51)40-22(11-3-7-17-36)30(50)43-24(33(53)54)12-4-8-18-37/h20-25H,1-19,34-38H2,(H2,39,45)(H,40,51)(H,41,52)(H,42,49)(H,43,50)(H,44,48)(H,46,47)(H,53,54)/t20-,21-,22-,23-,24-,25-/m0/s1. The molecule has 0 saturated heterocycles. The molecule has 6 amide bonds. The Bertz CT molecular complexity index is 1210. The molecule has 0 heterocycles. The third-order valence-corrected chi connectivity index (χ3v) is 8.35. The number of rotatable bonds is 32. The van der Waals surface area contributed by atoms with E-state index in [1.165, 1.54) is 0 Å². The number of nitrogens with two attached hydrogens (primary N) is 6. The Morgan fingerprint density at radius 2 is 0.778 bits per heavy atom. The average molecular weight is 774 g/mol. The number of hydrogen-bond acceptors (Lipinski definition) is 13. The molecule has 0 aliphatic heterocycles. The Morgan fingerprint density at radius 3 is 1.15 bits per heavy atom. The molecule has 6 atom stereocenters. The fraction of sp³-hybridized carbons (Fsp3) is 0.758. The van der Waals surface area contributed by atoms with Gasteiger partial charge in [-0.2, -0.15) is 0 Å². The molecule has 0 aliphatic carbocycles. The summed E-state index contributed by atoms with van der Waals surface area (Å²) in [5.41, 5.74) is 33.4. The van der Waals surface area contributed by atoms with Crippen LogP contribution in [0, 0.1) is 0 Å². The lowest BCUT2D eigenvalue weighted by Gasteiger charge is -2.27. The molecular weight excluding hydrogens is 710 g/mol. The van der Waals surface area contributed by atoms with E-state index in [1.54, 1.807) is 0 Å². The zero-order chi connectivity index (χ0) is 41.1. The highest BCUT2D eigenvalue weighted by molar-refractivity contribution is 5.97. The SMILES string of the molecule is NCCCC[C@H](NC(=O)[C@H](CCCCN)NC(=O)[C@H](CCC(=O)O)NC(=O)[C@H](CCCCN)NC(=O)[C@H](CC(N)=O)NC(=O)[C@@H](N)CCCCN)C(=O)O. The number of carboxylic acids is 2. The highest BCUT2D eigenvalue weighted by atomic mass is 16.4. The van der Waals surface area contributed by atoms with Gasteiger partial charge in [-0.05, 0) is 103 Å². The molecule has 0 spiro atoms. The lowest BCUT2D eigenvalue weighted by atomic mass is 10.0. The maximum Gasteiger partial charge on any atom is 0.326 e. The van der Waals surface area contributed by atoms with E-state index in [2.05, 4.69) is 26.6 Å². The van der Waals surface area contributed by atoms with Gasteiger partial charge in [0.2, 0.25) is 35.4 Å². The maximum atomic E-state index is 13.7. The van der Waals surface area contributed by atoms with E-state index in [9.17, 15) is 48.6 Å². The number of primary amides is 1. The van der Waals surface area contributed by atoms with Gasteiger partial charge in [0.05, 0.1) is 12.5 Å². The minimum atomic E-state index is -1.53. The second-order valence-electron chi connectivity index (χ2n) is 13.0. The number of carbonyl (C=O) groups excluding carboxylic acids is 6. The van der Waals surface area contributed by atoms with Gasteiger partial charge in [-0.15, -0.1) is 0 Å². The van der Waals surface area contributed by atoms with Crippen LogP contribution >= 0.6 is 0 Å². The molecular formula is C33H63N11O10. The number of amides is 6. The molecule has 19 N–H and O–H groups in total. The van der Waals surface area contributed by atoms with Gasteiger partial charge in [-0.1, -0.05) is 6.42 Å². The average Bonchev–Trinajstić information content (AvgIpc) is 3.11. The summed E-state index contributed by atoms with van der Waals surface area (Å²) in [5.74, 6) is -7.87. The number of carboxylic acid groups (broad SMARTS) is 2. The van der Waals surface area contributed by atoms with E-state index >= 15 is 0 Å². The summed E-state index contributed by atoms with van der Waals surface area (Å²) in [6.07, 6.45) is 2.43. The third kappa shape index (κ3) is 21.9. The molecule has 0 aromatic carbocycles. The van der Waals surface area contributed by atoms with Crippen molar-refractivity contribution in [1.29, 1.82) is 0 Å². The fourth-order valence-corrected chi connectivity index (χ4v) is 5.23. The van der Waals surface area contributed by atoms with Gasteiger partial charge in [0, 0.05) is 6.42 Å². The molecule has 0 aromatic rings. The smallest absolute Gasteiger partial charge is 0.326 e. The summed E-state index contributed by atoms with van der Waals surface area (Å²) in [4.78, 5) is 102. The van der Waals surface area contributed by atoms with Crippen LogP contribution < -0.4 is 61.0 Å². The molecule has 21 heteroatoms. The second-order valence-corrected chi connectivity index (χ2v) is 13.0. The number of unbranched alkanes of at least 4 members (excludes halogenated alkanes) is 4. The van der Waals surface area contributed by atoms with Crippen LogP contribution in [-0.4, -0.2) is 120 Å². The summed E-state index contributed by atoms with van der Waals surface area (Å²) in [6.45, 7) is 1.24. The molecule has 0 aliphatic rings. The number of carbonyl (C=O) groups is 8. The first-order valence-corrected chi connectivity index (χ1v) is 18.4. The van der Waals surface area contributed by atoms with Crippen LogP contribution in [-0.2, 0) is 38.4 Å². The molecule has 0 bridgehead atoms. The van der Waals surface area contributed by atoms with Gasteiger partial charge < -0.3 is 71.2 Å². The Kier molecular flexibility index (Phi) is 26.6. The number of aliphatic carboxylic acids is 2. The summed E-state index contributed by atoms with van der Waals surface area (Å²) in [6, 6.07) is -7.96. The van der Waals surface area contributed by atoms with E-state index < -0.39 is 103 Å². The zero-order valence-corrected chi connectivity index (χ0v) is 31.0. The summed E-state index contributed by atoms with van der Waals surface area (Å²) >= 11 is 0. The van der Waals surface area contributed by atoms with Crippen molar-refractivity contribution in [3.05, 3.63) is 0 Å². The molecule has 0 saturated carbocycles. The first kappa shape index (κ1) is 49.6. The highest BCUT2D eigenvalue weighted by Gasteiger charge is 2.33. The Hall–Kier alpha value is -4.44. The highest BCUT2D eigenvalue weighted by Crippen LogP contribution is 2.09. The Labute approximate surface area is 315 Å². The summed E-state index contributed by atoms with van der Waals surface area (Å²) < 4.78 is 0. The number of hydrogen-bond donors (Lipinski definition) is 13. The van der Waals surface area contributed by atoms with Crippen LogP contribution in [0.3, 0.4) is 0 Å². The Morgan fingerprint density at radius 1 is 0.444 bits per heavy atom. The summed E-state index contributed by atoms with van der Waals surface area (Å²) in [5, 5.41) is 31.2. The van der Waals surface area contributed by atoms with Gasteiger partial charge in [-0.3, -0.25) is 33.6 Å². The quantitative estimate of drug-likeness (QED) is 0.0290. The lowest BCUT2D eigenvalue weighted by molar-refractivity contribution is -0.142. The van der Waals surface area contributed by atoms with Crippen molar-refractivity contribution in [2.45, 2.75) is 133 Å². The maximum absolute atomic E-state index is 13.7. The molecule has 0 fully saturated rings. The topological polar surface area (TPSA) is 393 Å². The van der Waals surface area contributed by atoms with Crippen LogP contribution in [0.2, 0.25) is 0 Å². The predicted molar refractivity (Wildman–Crippen MR) is 198 cm³/mol. The van der Waals surface area contributed by atoms with Gasteiger partial charge in [0.15, 0.2) is 0 Å². The third-order valence-electron chi connectivity index (χ3n) is 8.35. The predicted octanol–water partition coefficient (Wildman–Crippen LogP) is -3.92. The van der Waals surface area contributed by atoms with Crippen molar-refractivity contribution in [3.63, 3.8) is 0 Å². The minimum absolute atomic E-state index is 0.0112. The van der Waals surface area contributed by atoms with Crippen LogP contribution in [0.1, 0.15) is 96.3 Å². The molecule has 0 aromatic heterocycles. The Balaban J connectivity index is 6.24. The van der Waals surface area contributed by atoms with Crippen molar-refractivity contribution in [1.82, 2.24) is 26.6 Å². The van der Waals surface area contributed by atoms with Crippen molar-refractivity contribution in [2.75, 3.05) is 26.2 Å². The van der Waals surface area contributed by atoms with Crippen molar-refractivity contribution in [2.24, 2.45) is 34.4 Å². The van der Waals surface area contributed by atoms with Crippen LogP contribution in [0.5, 0.6) is 0 Å². The first-order valence-electron chi connectivity index (χ1n) is 18.4. The second kappa shape index (κ2) is 29.0. The van der Waals surface area contributed by atoms with Crippen LogP contribution in [0.15, 0.2) is 0 Å². The molecule has 54 heavy (non-hydrogen) atoms. The van der Waals surface area contributed by atoms with E-state index in [1.807, 2.05) is 0 Å². The zero-order valence-electron chi connectivity index (χ0n) is 31.0. The fourth-order valence-electron chi connectivity index (χ4n) is 5.23. The molecule has 21 nitrogen and oxygen atoms in total. The van der Waals surface area contributed by atoms with E-state index in [-0.39, 0.29) is 38.8 Å². The van der Waals surface area contributed by atoms with Gasteiger partial charge in [0.1, 0.15) is 30.2 Å². The van der Waals surface area contributed by atoms with Crippen molar-refractivity contribution in [3.8, 4) is 0 Å². The van der Waals surface area contributed by atoms with Gasteiger partial charge >= 0.3 is 11.9 Å². The molecule has 0 unspecified atom stereocenters. The van der Waals surface area contributed by atoms with Crippen LogP contribution in [0.25, 0.3) is 0 Å². The molecule has 0 radical (unpaired) electrons. The monoisotopic (exact) mass is 773 g/mol. The lowest BCUT2D eigenvalue weighted by Crippen LogP contribution is -2.59. The van der Waals surface area contributed by atoms with E-state index in [0.717, 1.165) is 0 Å². The molecule has 0 rings (SSSR count). The normalized spacial score (nSPS) is 14.3. The molecule has 310 valence electrons. The first-order chi connectivity index (χ1) is 25.6. The van der Waals surface area contributed by atoms with Gasteiger partial charge in [0.25, 0.3) is 0 Å². The number of nitrogens with one attached hydrogen (secondary N) is 5. The summed E-state index contributed by atoms with van der Waals surface area (Å²) in [7, 11) is 0.